The molecule has 18 heavy (non-hydrogen) atoms. The lowest BCUT2D eigenvalue weighted by atomic mass is 9.82. The molecule has 94 valence electrons. The number of pyridine rings is 1. The number of hydrogen-bond acceptors (Lipinski definition) is 3. The second kappa shape index (κ2) is 4.65. The second-order valence-electron chi connectivity index (χ2n) is 4.89. The number of carbonyl (C=O) groups excluding carboxylic acids is 1. The van der Waals surface area contributed by atoms with E-state index in [1.54, 1.807) is 17.0 Å². The molecule has 5 nitrogen and oxygen atoms in total. The Kier molecular flexibility index (Phi) is 3.19. The van der Waals surface area contributed by atoms with E-state index in [9.17, 15) is 9.59 Å². The highest BCUT2D eigenvalue weighted by Crippen LogP contribution is 2.30. The minimum atomic E-state index is -0.332. The fourth-order valence-corrected chi connectivity index (χ4v) is 2.06. The Labute approximate surface area is 105 Å². The molecule has 2 rings (SSSR count). The number of nitriles is 1. The predicted octanol–water partition coefficient (Wildman–Crippen LogP) is 1.14. The fourth-order valence-electron chi connectivity index (χ4n) is 2.06. The third-order valence-electron chi connectivity index (χ3n) is 3.42. The van der Waals surface area contributed by atoms with Gasteiger partial charge in [-0.05, 0) is 25.8 Å². The summed E-state index contributed by atoms with van der Waals surface area (Å²) in [4.78, 5) is 27.5. The lowest BCUT2D eigenvalue weighted by Gasteiger charge is -2.34. The molecule has 5 heteroatoms. The number of likely N-dealkylation sites (tertiary alicyclic amines) is 1. The number of aromatic nitrogens is 1. The number of amides is 1. The highest BCUT2D eigenvalue weighted by atomic mass is 16.2. The van der Waals surface area contributed by atoms with E-state index in [1.165, 1.54) is 6.07 Å². The number of carbonyl (C=O) groups is 1. The van der Waals surface area contributed by atoms with E-state index in [0.717, 1.165) is 0 Å². The van der Waals surface area contributed by atoms with E-state index in [2.05, 4.69) is 11.1 Å². The monoisotopic (exact) mass is 245 g/mol. The van der Waals surface area contributed by atoms with Gasteiger partial charge < -0.3 is 9.88 Å². The van der Waals surface area contributed by atoms with Gasteiger partial charge >= 0.3 is 0 Å². The van der Waals surface area contributed by atoms with Crippen LogP contribution in [0.3, 0.4) is 0 Å². The van der Waals surface area contributed by atoms with E-state index in [0.29, 0.717) is 31.6 Å². The van der Waals surface area contributed by atoms with Crippen molar-refractivity contribution in [1.82, 2.24) is 9.88 Å². The molecule has 2 heterocycles. The van der Waals surface area contributed by atoms with E-state index in [1.807, 2.05) is 6.92 Å². The summed E-state index contributed by atoms with van der Waals surface area (Å²) in [5.41, 5.74) is -0.302. The summed E-state index contributed by atoms with van der Waals surface area (Å²) < 4.78 is 0. The molecule has 1 aromatic rings. The van der Waals surface area contributed by atoms with Gasteiger partial charge in [-0.3, -0.25) is 9.59 Å². The Morgan fingerprint density at radius 3 is 2.67 bits per heavy atom. The molecule has 1 amide bonds. The standard InChI is InChI=1S/C13H15N3O2/c1-13(9-14)5-7-16(8-6-13)12(18)10-3-2-4-11(17)15-10/h2-4H,5-8H2,1H3,(H,15,17). The summed E-state index contributed by atoms with van der Waals surface area (Å²) in [7, 11) is 0. The van der Waals surface area contributed by atoms with Gasteiger partial charge in [-0.25, -0.2) is 0 Å². The SMILES string of the molecule is CC1(C#N)CCN(C(=O)c2cccc(=O)[nH]2)CC1. The molecule has 1 aromatic heterocycles. The van der Waals surface area contributed by atoms with Gasteiger partial charge in [0.05, 0.1) is 11.5 Å². The van der Waals surface area contributed by atoms with Crippen LogP contribution in [-0.4, -0.2) is 28.9 Å². The molecule has 0 atom stereocenters. The smallest absolute Gasteiger partial charge is 0.270 e. The van der Waals surface area contributed by atoms with Crippen molar-refractivity contribution in [2.24, 2.45) is 5.41 Å². The van der Waals surface area contributed by atoms with E-state index in [4.69, 9.17) is 5.26 Å². The lowest BCUT2D eigenvalue weighted by molar-refractivity contribution is 0.0655. The lowest BCUT2D eigenvalue weighted by Crippen LogP contribution is -2.42. The number of rotatable bonds is 1. The molecule has 1 N–H and O–H groups in total. The first-order chi connectivity index (χ1) is 8.54. The van der Waals surface area contributed by atoms with Gasteiger partial charge in [0.2, 0.25) is 5.56 Å². The van der Waals surface area contributed by atoms with Gasteiger partial charge in [0.25, 0.3) is 5.91 Å². The van der Waals surface area contributed by atoms with Gasteiger partial charge in [0.15, 0.2) is 0 Å². The molecule has 0 aliphatic carbocycles. The molecule has 0 radical (unpaired) electrons. The van der Waals surface area contributed by atoms with E-state index >= 15 is 0 Å². The van der Waals surface area contributed by atoms with Crippen molar-refractivity contribution in [3.05, 3.63) is 34.2 Å². The van der Waals surface area contributed by atoms with Crippen LogP contribution in [0.15, 0.2) is 23.0 Å². The number of H-pyrrole nitrogens is 1. The van der Waals surface area contributed by atoms with Crippen LogP contribution >= 0.6 is 0 Å². The number of nitrogens with zero attached hydrogens (tertiary/aromatic N) is 2. The van der Waals surface area contributed by atoms with Crippen LogP contribution in [-0.2, 0) is 0 Å². The number of hydrogen-bond donors (Lipinski definition) is 1. The number of aromatic amines is 1. The van der Waals surface area contributed by atoms with Gasteiger partial charge in [0, 0.05) is 19.2 Å². The van der Waals surface area contributed by atoms with E-state index in [-0.39, 0.29) is 16.9 Å². The number of nitrogens with one attached hydrogen (secondary N) is 1. The van der Waals surface area contributed by atoms with Crippen LogP contribution in [0.2, 0.25) is 0 Å². The largest absolute Gasteiger partial charge is 0.337 e. The predicted molar refractivity (Wildman–Crippen MR) is 65.9 cm³/mol. The third kappa shape index (κ3) is 2.43. The Bertz CT molecular complexity index is 548. The van der Waals surface area contributed by atoms with Gasteiger partial charge in [-0.15, -0.1) is 0 Å². The van der Waals surface area contributed by atoms with Crippen LogP contribution in [0.25, 0.3) is 0 Å². The zero-order valence-electron chi connectivity index (χ0n) is 10.3. The van der Waals surface area contributed by atoms with Crippen molar-refractivity contribution in [3.63, 3.8) is 0 Å². The van der Waals surface area contributed by atoms with Gasteiger partial charge in [0.1, 0.15) is 5.69 Å². The first-order valence-corrected chi connectivity index (χ1v) is 5.94. The summed E-state index contributed by atoms with van der Waals surface area (Å²) in [5.74, 6) is -0.173. The van der Waals surface area contributed by atoms with Crippen molar-refractivity contribution in [2.45, 2.75) is 19.8 Å². The Morgan fingerprint density at radius 1 is 1.44 bits per heavy atom. The molecular weight excluding hydrogens is 230 g/mol. The second-order valence-corrected chi connectivity index (χ2v) is 4.89. The quantitative estimate of drug-likeness (QED) is 0.806. The van der Waals surface area contributed by atoms with Gasteiger partial charge in [-0.2, -0.15) is 5.26 Å². The zero-order chi connectivity index (χ0) is 13.2. The molecule has 0 spiro atoms. The highest BCUT2D eigenvalue weighted by molar-refractivity contribution is 5.92. The van der Waals surface area contributed by atoms with Crippen molar-refractivity contribution in [3.8, 4) is 6.07 Å². The molecule has 0 bridgehead atoms. The summed E-state index contributed by atoms with van der Waals surface area (Å²) in [6, 6.07) is 6.83. The van der Waals surface area contributed by atoms with Crippen LogP contribution < -0.4 is 5.56 Å². The maximum Gasteiger partial charge on any atom is 0.270 e. The molecule has 1 aliphatic rings. The highest BCUT2D eigenvalue weighted by Gasteiger charge is 2.32. The maximum absolute atomic E-state index is 12.1. The van der Waals surface area contributed by atoms with Crippen molar-refractivity contribution in [2.75, 3.05) is 13.1 Å². The van der Waals surface area contributed by atoms with Crippen molar-refractivity contribution < 1.29 is 4.79 Å². The molecular formula is C13H15N3O2. The average Bonchev–Trinajstić information content (AvgIpc) is 2.39. The van der Waals surface area contributed by atoms with Crippen LogP contribution in [0.4, 0.5) is 0 Å². The van der Waals surface area contributed by atoms with Crippen LogP contribution in [0.1, 0.15) is 30.3 Å². The fraction of sp³-hybridized carbons (Fsp3) is 0.462. The molecule has 1 saturated heterocycles. The Balaban J connectivity index is 2.09. The normalized spacial score (nSPS) is 18.1. The molecule has 1 fully saturated rings. The number of piperidine rings is 1. The molecule has 0 saturated carbocycles. The molecule has 0 aromatic carbocycles. The average molecular weight is 245 g/mol. The van der Waals surface area contributed by atoms with Crippen LogP contribution in [0.5, 0.6) is 0 Å². The van der Waals surface area contributed by atoms with Crippen molar-refractivity contribution >= 4 is 5.91 Å². The topological polar surface area (TPSA) is 77.0 Å². The molecule has 0 unspecified atom stereocenters. The van der Waals surface area contributed by atoms with Crippen molar-refractivity contribution in [1.29, 1.82) is 5.26 Å². The maximum atomic E-state index is 12.1. The first-order valence-electron chi connectivity index (χ1n) is 5.94. The minimum Gasteiger partial charge on any atom is -0.337 e. The summed E-state index contributed by atoms with van der Waals surface area (Å²) in [6.45, 7) is 3.03. The van der Waals surface area contributed by atoms with E-state index < -0.39 is 0 Å². The van der Waals surface area contributed by atoms with Crippen LogP contribution in [0, 0.1) is 16.7 Å². The van der Waals surface area contributed by atoms with Gasteiger partial charge in [-0.1, -0.05) is 6.07 Å². The summed E-state index contributed by atoms with van der Waals surface area (Å²) in [6.07, 6.45) is 1.35. The third-order valence-corrected chi connectivity index (χ3v) is 3.42. The summed E-state index contributed by atoms with van der Waals surface area (Å²) >= 11 is 0. The Hall–Kier alpha value is -2.09. The zero-order valence-corrected chi connectivity index (χ0v) is 10.3. The first kappa shape index (κ1) is 12.4. The Morgan fingerprint density at radius 2 is 2.11 bits per heavy atom. The minimum absolute atomic E-state index is 0.173. The summed E-state index contributed by atoms with van der Waals surface area (Å²) in [5, 5.41) is 9.03. The molecule has 1 aliphatic heterocycles.